The number of esters is 1. The Hall–Kier alpha value is -4.33. The Morgan fingerprint density at radius 3 is 2.56 bits per heavy atom. The van der Waals surface area contributed by atoms with E-state index in [2.05, 4.69) is 4.98 Å². The van der Waals surface area contributed by atoms with Crippen LogP contribution in [0.15, 0.2) is 76.1 Å². The molecule has 1 aliphatic rings. The topological polar surface area (TPSA) is 89.7 Å². The molecular weight excluding hydrogens is 415 g/mol. The van der Waals surface area contributed by atoms with Gasteiger partial charge in [-0.2, -0.15) is 0 Å². The second-order valence-corrected chi connectivity index (χ2v) is 7.19. The summed E-state index contributed by atoms with van der Waals surface area (Å²) in [4.78, 5) is 44.2. The van der Waals surface area contributed by atoms with Gasteiger partial charge in [-0.05, 0) is 48.0 Å². The Morgan fingerprint density at radius 2 is 1.88 bits per heavy atom. The van der Waals surface area contributed by atoms with E-state index in [-0.39, 0.29) is 22.3 Å². The van der Waals surface area contributed by atoms with E-state index < -0.39 is 29.2 Å². The Morgan fingerprint density at radius 1 is 1.09 bits per heavy atom. The number of fused-ring (bicyclic) bond motifs is 2. The zero-order valence-electron chi connectivity index (χ0n) is 16.7. The van der Waals surface area contributed by atoms with Gasteiger partial charge in [0.15, 0.2) is 5.43 Å². The maximum absolute atomic E-state index is 13.8. The first-order chi connectivity index (χ1) is 15.5. The monoisotopic (exact) mass is 430 g/mol. The van der Waals surface area contributed by atoms with Crippen molar-refractivity contribution >= 4 is 28.7 Å². The lowest BCUT2D eigenvalue weighted by atomic mass is 9.97. The third kappa shape index (κ3) is 2.96. The molecule has 158 valence electrons. The van der Waals surface area contributed by atoms with E-state index in [9.17, 15) is 18.8 Å². The summed E-state index contributed by atoms with van der Waals surface area (Å²) in [5.74, 6) is -1.44. The summed E-state index contributed by atoms with van der Waals surface area (Å²) in [6.07, 6.45) is 1.53. The number of carbonyl (C=O) groups is 2. The largest absolute Gasteiger partial charge is 0.465 e. The van der Waals surface area contributed by atoms with Gasteiger partial charge in [0.2, 0.25) is 5.76 Å². The summed E-state index contributed by atoms with van der Waals surface area (Å²) in [5.41, 5.74) is 0.571. The fraction of sp³-hybridized carbons (Fsp3) is 0.0833. The summed E-state index contributed by atoms with van der Waals surface area (Å²) in [7, 11) is 1.28. The van der Waals surface area contributed by atoms with Gasteiger partial charge in [-0.1, -0.05) is 18.2 Å². The Bertz CT molecular complexity index is 1430. The molecule has 0 spiro atoms. The molecule has 1 amide bonds. The van der Waals surface area contributed by atoms with Crippen molar-refractivity contribution in [2.75, 3.05) is 12.0 Å². The fourth-order valence-electron chi connectivity index (χ4n) is 3.91. The lowest BCUT2D eigenvalue weighted by Gasteiger charge is -2.24. The molecule has 32 heavy (non-hydrogen) atoms. The van der Waals surface area contributed by atoms with Crippen LogP contribution in [-0.4, -0.2) is 24.0 Å². The molecule has 3 heterocycles. The highest BCUT2D eigenvalue weighted by Crippen LogP contribution is 2.40. The van der Waals surface area contributed by atoms with Gasteiger partial charge in [0.25, 0.3) is 5.91 Å². The van der Waals surface area contributed by atoms with E-state index in [4.69, 9.17) is 9.15 Å². The van der Waals surface area contributed by atoms with Gasteiger partial charge in [-0.3, -0.25) is 14.5 Å². The van der Waals surface area contributed by atoms with Gasteiger partial charge in [0.05, 0.1) is 29.7 Å². The highest BCUT2D eigenvalue weighted by Gasteiger charge is 2.44. The van der Waals surface area contributed by atoms with Gasteiger partial charge in [0, 0.05) is 6.20 Å². The minimum atomic E-state index is -0.872. The molecule has 0 saturated heterocycles. The first-order valence-corrected chi connectivity index (χ1v) is 9.68. The van der Waals surface area contributed by atoms with E-state index in [1.165, 1.54) is 24.3 Å². The fourth-order valence-corrected chi connectivity index (χ4v) is 3.91. The Labute approximate surface area is 180 Å². The number of aromatic nitrogens is 1. The third-order valence-corrected chi connectivity index (χ3v) is 5.38. The molecule has 0 aliphatic carbocycles. The van der Waals surface area contributed by atoms with Crippen LogP contribution in [0, 0.1) is 5.82 Å². The van der Waals surface area contributed by atoms with Gasteiger partial charge < -0.3 is 9.15 Å². The van der Waals surface area contributed by atoms with Crippen LogP contribution in [-0.2, 0) is 4.74 Å². The molecule has 0 bridgehead atoms. The minimum Gasteiger partial charge on any atom is -0.465 e. The molecule has 7 nitrogen and oxygen atoms in total. The zero-order chi connectivity index (χ0) is 22.4. The van der Waals surface area contributed by atoms with Crippen molar-refractivity contribution in [3.63, 3.8) is 0 Å². The average molecular weight is 430 g/mol. The molecule has 0 saturated carbocycles. The van der Waals surface area contributed by atoms with Gasteiger partial charge in [-0.25, -0.2) is 14.2 Å². The van der Waals surface area contributed by atoms with Crippen LogP contribution in [0.2, 0.25) is 0 Å². The predicted molar refractivity (Wildman–Crippen MR) is 113 cm³/mol. The number of halogens is 1. The number of anilines is 1. The van der Waals surface area contributed by atoms with Crippen molar-refractivity contribution in [3.05, 3.63) is 105 Å². The number of benzene rings is 2. The first kappa shape index (κ1) is 19.6. The molecular formula is C24H15FN2O5. The summed E-state index contributed by atoms with van der Waals surface area (Å²) in [5, 5.41) is 0.0376. The van der Waals surface area contributed by atoms with E-state index in [0.29, 0.717) is 16.9 Å². The van der Waals surface area contributed by atoms with Crippen LogP contribution in [0.5, 0.6) is 0 Å². The molecule has 2 aromatic heterocycles. The van der Waals surface area contributed by atoms with E-state index in [1.54, 1.807) is 42.5 Å². The SMILES string of the molecule is COC(=O)c1ccc([C@H]2c3c(oc4ccc(F)cc4c3=O)C(=O)N2c2ccccn2)cc1. The number of nitrogens with zero attached hydrogens (tertiary/aromatic N) is 2. The zero-order valence-corrected chi connectivity index (χ0v) is 16.7. The minimum absolute atomic E-state index is 0.0376. The van der Waals surface area contributed by atoms with Crippen LogP contribution in [0.1, 0.15) is 38.1 Å². The number of hydrogen-bond donors (Lipinski definition) is 0. The number of methoxy groups -OCH3 is 1. The predicted octanol–water partition coefficient (Wildman–Crippen LogP) is 3.86. The maximum Gasteiger partial charge on any atom is 0.337 e. The van der Waals surface area contributed by atoms with Crippen LogP contribution < -0.4 is 10.3 Å². The van der Waals surface area contributed by atoms with Crippen LogP contribution >= 0.6 is 0 Å². The van der Waals surface area contributed by atoms with Gasteiger partial charge >= 0.3 is 5.97 Å². The van der Waals surface area contributed by atoms with Crippen molar-refractivity contribution in [3.8, 4) is 0 Å². The molecule has 0 radical (unpaired) electrons. The average Bonchev–Trinajstić information content (AvgIpc) is 3.12. The van der Waals surface area contributed by atoms with E-state index >= 15 is 0 Å². The Balaban J connectivity index is 1.76. The number of carbonyl (C=O) groups excluding carboxylic acids is 2. The van der Waals surface area contributed by atoms with Crippen molar-refractivity contribution in [2.45, 2.75) is 6.04 Å². The molecule has 8 heteroatoms. The lowest BCUT2D eigenvalue weighted by Crippen LogP contribution is -2.30. The second-order valence-electron chi connectivity index (χ2n) is 7.19. The van der Waals surface area contributed by atoms with Crippen molar-refractivity contribution in [2.24, 2.45) is 0 Å². The molecule has 2 aromatic carbocycles. The summed E-state index contributed by atoms with van der Waals surface area (Å²) >= 11 is 0. The molecule has 0 N–H and O–H groups in total. The first-order valence-electron chi connectivity index (χ1n) is 9.68. The van der Waals surface area contributed by atoms with Crippen molar-refractivity contribution < 1.29 is 23.1 Å². The quantitative estimate of drug-likeness (QED) is 0.459. The second kappa shape index (κ2) is 7.42. The summed E-state index contributed by atoms with van der Waals surface area (Å²) < 4.78 is 24.4. The highest BCUT2D eigenvalue weighted by atomic mass is 19.1. The summed E-state index contributed by atoms with van der Waals surface area (Å²) in [6, 6.07) is 14.1. The number of rotatable bonds is 3. The van der Waals surface area contributed by atoms with Crippen LogP contribution in [0.25, 0.3) is 11.0 Å². The smallest absolute Gasteiger partial charge is 0.337 e. The molecule has 1 aliphatic heterocycles. The molecule has 0 unspecified atom stereocenters. The third-order valence-electron chi connectivity index (χ3n) is 5.38. The number of amides is 1. The van der Waals surface area contributed by atoms with Gasteiger partial charge in [-0.15, -0.1) is 0 Å². The molecule has 4 aromatic rings. The normalized spacial score (nSPS) is 15.1. The van der Waals surface area contributed by atoms with Crippen LogP contribution in [0.4, 0.5) is 10.2 Å². The summed E-state index contributed by atoms with van der Waals surface area (Å²) in [6.45, 7) is 0. The van der Waals surface area contributed by atoms with Crippen LogP contribution in [0.3, 0.4) is 0 Å². The molecule has 5 rings (SSSR count). The standard InChI is InChI=1S/C24H15FN2O5/c1-31-24(30)14-7-5-13(6-8-14)20-19-21(28)16-12-15(25)9-10-17(16)32-22(19)23(29)27(20)18-4-2-3-11-26-18/h2-12,20H,1H3/t20-/m0/s1. The number of ether oxygens (including phenoxy) is 1. The van der Waals surface area contributed by atoms with E-state index in [0.717, 1.165) is 12.1 Å². The number of hydrogen-bond acceptors (Lipinski definition) is 6. The lowest BCUT2D eigenvalue weighted by molar-refractivity contribution is 0.0600. The number of pyridine rings is 1. The van der Waals surface area contributed by atoms with Gasteiger partial charge in [0.1, 0.15) is 17.2 Å². The van der Waals surface area contributed by atoms with E-state index in [1.807, 2.05) is 0 Å². The molecule has 0 fully saturated rings. The maximum atomic E-state index is 13.8. The highest BCUT2D eigenvalue weighted by molar-refractivity contribution is 6.10. The van der Waals surface area contributed by atoms with Crippen molar-refractivity contribution in [1.82, 2.24) is 4.98 Å². The molecule has 1 atom stereocenters. The van der Waals surface area contributed by atoms with Crippen molar-refractivity contribution in [1.29, 1.82) is 0 Å². The Kier molecular flexibility index (Phi) is 4.55.